The van der Waals surface area contributed by atoms with Gasteiger partial charge in [-0.3, -0.25) is 5.84 Å². The van der Waals surface area contributed by atoms with Gasteiger partial charge in [-0.25, -0.2) is 4.57 Å². The van der Waals surface area contributed by atoms with Crippen LogP contribution in [0, 0.1) is 0 Å². The molecule has 1 aromatic rings. The lowest BCUT2D eigenvalue weighted by Gasteiger charge is -2.14. The summed E-state index contributed by atoms with van der Waals surface area (Å²) in [5.41, 5.74) is 0. The molecular formula is C6H6Cl3N2O3P. The molecule has 0 aliphatic heterocycles. The van der Waals surface area contributed by atoms with Gasteiger partial charge in [-0.2, -0.15) is 5.20 Å². The van der Waals surface area contributed by atoms with E-state index in [1.165, 1.54) is 12.1 Å². The fourth-order valence-corrected chi connectivity index (χ4v) is 1.94. The van der Waals surface area contributed by atoms with Gasteiger partial charge in [0.2, 0.25) is 0 Å². The van der Waals surface area contributed by atoms with Gasteiger partial charge >= 0.3 is 7.75 Å². The van der Waals surface area contributed by atoms with E-state index >= 15 is 0 Å². The summed E-state index contributed by atoms with van der Waals surface area (Å²) in [5, 5.41) is 1.73. The Labute approximate surface area is 101 Å². The van der Waals surface area contributed by atoms with Gasteiger partial charge in [0.25, 0.3) is 0 Å². The summed E-state index contributed by atoms with van der Waals surface area (Å²) >= 11 is 17.1. The Hall–Kier alpha value is -0.000000000000000167. The lowest BCUT2D eigenvalue weighted by molar-refractivity contribution is 0.365. The van der Waals surface area contributed by atoms with Crippen LogP contribution in [0.3, 0.4) is 0 Å². The molecule has 15 heavy (non-hydrogen) atoms. The molecule has 84 valence electrons. The van der Waals surface area contributed by atoms with Gasteiger partial charge in [-0.1, -0.05) is 34.8 Å². The number of benzene rings is 1. The number of nitrogens with one attached hydrogen (secondary N) is 1. The van der Waals surface area contributed by atoms with Crippen molar-refractivity contribution in [1.82, 2.24) is 5.20 Å². The van der Waals surface area contributed by atoms with Gasteiger partial charge in [-0.05, 0) is 12.1 Å². The van der Waals surface area contributed by atoms with Crippen LogP contribution in [-0.4, -0.2) is 4.89 Å². The van der Waals surface area contributed by atoms with Gasteiger partial charge in [0, 0.05) is 0 Å². The van der Waals surface area contributed by atoms with Crippen molar-refractivity contribution in [2.75, 3.05) is 0 Å². The molecule has 0 aliphatic rings. The first kappa shape index (κ1) is 13.1. The minimum atomic E-state index is -4.17. The second kappa shape index (κ2) is 4.89. The molecule has 9 heteroatoms. The summed E-state index contributed by atoms with van der Waals surface area (Å²) in [5.74, 6) is 4.59. The maximum atomic E-state index is 11.1. The van der Waals surface area contributed by atoms with Crippen LogP contribution in [-0.2, 0) is 4.57 Å². The third-order valence-corrected chi connectivity index (χ3v) is 3.22. The fraction of sp³-hybridized carbons (Fsp3) is 0. The number of halogens is 3. The molecule has 1 atom stereocenters. The lowest BCUT2D eigenvalue weighted by atomic mass is 10.3. The van der Waals surface area contributed by atoms with Gasteiger partial charge in [0.15, 0.2) is 5.75 Å². The number of hydrazine groups is 1. The van der Waals surface area contributed by atoms with E-state index in [1.54, 1.807) is 5.20 Å². The Bertz CT molecular complexity index is 428. The van der Waals surface area contributed by atoms with Crippen molar-refractivity contribution >= 4 is 42.5 Å². The summed E-state index contributed by atoms with van der Waals surface area (Å²) < 4.78 is 15.7. The Morgan fingerprint density at radius 3 is 2.40 bits per heavy atom. The number of rotatable bonds is 3. The first-order chi connectivity index (χ1) is 6.87. The van der Waals surface area contributed by atoms with Crippen LogP contribution < -0.4 is 15.6 Å². The maximum Gasteiger partial charge on any atom is 0.469 e. The highest BCUT2D eigenvalue weighted by Crippen LogP contribution is 2.46. The van der Waals surface area contributed by atoms with Crippen molar-refractivity contribution in [2.24, 2.45) is 5.84 Å². The summed E-state index contributed by atoms with van der Waals surface area (Å²) in [6.45, 7) is 0. The molecule has 1 unspecified atom stereocenters. The molecule has 0 radical (unpaired) electrons. The van der Waals surface area contributed by atoms with Crippen LogP contribution in [0.15, 0.2) is 12.1 Å². The SMILES string of the molecule is NNP(=O)(O)Oc1c(Cl)ccc(Cl)c1Cl. The van der Waals surface area contributed by atoms with Crippen molar-refractivity contribution in [3.8, 4) is 5.75 Å². The van der Waals surface area contributed by atoms with E-state index < -0.39 is 7.75 Å². The highest BCUT2D eigenvalue weighted by Gasteiger charge is 2.23. The third-order valence-electron chi connectivity index (χ3n) is 1.38. The van der Waals surface area contributed by atoms with Gasteiger partial charge < -0.3 is 9.42 Å². The zero-order valence-corrected chi connectivity index (χ0v) is 10.2. The molecule has 4 N–H and O–H groups in total. The summed E-state index contributed by atoms with van der Waals surface area (Å²) in [7, 11) is -4.17. The molecule has 5 nitrogen and oxygen atoms in total. The van der Waals surface area contributed by atoms with E-state index in [-0.39, 0.29) is 20.8 Å². The topological polar surface area (TPSA) is 84.6 Å². The van der Waals surface area contributed by atoms with Crippen molar-refractivity contribution in [2.45, 2.75) is 0 Å². The molecule has 0 heterocycles. The molecule has 0 aliphatic carbocycles. The second-order valence-corrected chi connectivity index (χ2v) is 5.09. The summed E-state index contributed by atoms with van der Waals surface area (Å²) in [4.78, 5) is 9.05. The predicted octanol–water partition coefficient (Wildman–Crippen LogP) is 2.59. The standard InChI is InChI=1S/C6H6Cl3N2O3P/c7-3-1-2-4(8)6(5(3)9)14-15(12,13)11-10/h1-2H,10H2,(H2,11,12,13). The predicted molar refractivity (Wildman–Crippen MR) is 59.2 cm³/mol. The second-order valence-electron chi connectivity index (χ2n) is 2.41. The zero-order valence-electron chi connectivity index (χ0n) is 7.08. The molecule has 0 aromatic heterocycles. The minimum Gasteiger partial charge on any atom is -0.409 e. The third kappa shape index (κ3) is 3.23. The van der Waals surface area contributed by atoms with E-state index in [0.29, 0.717) is 0 Å². The summed E-state index contributed by atoms with van der Waals surface area (Å²) in [6.07, 6.45) is 0. The van der Waals surface area contributed by atoms with E-state index in [4.69, 9.17) is 45.5 Å². The van der Waals surface area contributed by atoms with Gasteiger partial charge in [-0.15, -0.1) is 0 Å². The number of hydrogen-bond donors (Lipinski definition) is 3. The average molecular weight is 291 g/mol. The van der Waals surface area contributed by atoms with Crippen LogP contribution in [0.4, 0.5) is 0 Å². The molecule has 1 aromatic carbocycles. The van der Waals surface area contributed by atoms with Crippen molar-refractivity contribution in [1.29, 1.82) is 0 Å². The van der Waals surface area contributed by atoms with Crippen LogP contribution >= 0.6 is 42.5 Å². The van der Waals surface area contributed by atoms with E-state index in [1.807, 2.05) is 0 Å². The zero-order chi connectivity index (χ0) is 11.6. The Kier molecular flexibility index (Phi) is 4.26. The monoisotopic (exact) mass is 290 g/mol. The first-order valence-electron chi connectivity index (χ1n) is 3.51. The molecule has 0 fully saturated rings. The van der Waals surface area contributed by atoms with E-state index in [9.17, 15) is 4.57 Å². The highest BCUT2D eigenvalue weighted by atomic mass is 35.5. The number of hydrogen-bond acceptors (Lipinski definition) is 3. The Balaban J connectivity index is 3.15. The van der Waals surface area contributed by atoms with Gasteiger partial charge in [0.05, 0.1) is 10.0 Å². The van der Waals surface area contributed by atoms with E-state index in [0.717, 1.165) is 0 Å². The molecule has 0 bridgehead atoms. The largest absolute Gasteiger partial charge is 0.469 e. The smallest absolute Gasteiger partial charge is 0.409 e. The van der Waals surface area contributed by atoms with Crippen LogP contribution in [0.25, 0.3) is 0 Å². The van der Waals surface area contributed by atoms with Crippen molar-refractivity contribution in [3.63, 3.8) is 0 Å². The molecule has 0 saturated carbocycles. The van der Waals surface area contributed by atoms with Crippen LogP contribution in [0.2, 0.25) is 15.1 Å². The van der Waals surface area contributed by atoms with Crippen molar-refractivity contribution < 1.29 is 14.0 Å². The van der Waals surface area contributed by atoms with Gasteiger partial charge in [0.1, 0.15) is 5.02 Å². The number of nitrogens with two attached hydrogens (primary N) is 1. The normalized spacial score (nSPS) is 14.7. The van der Waals surface area contributed by atoms with Crippen LogP contribution in [0.1, 0.15) is 0 Å². The van der Waals surface area contributed by atoms with Crippen LogP contribution in [0.5, 0.6) is 5.75 Å². The fourth-order valence-electron chi connectivity index (χ4n) is 0.742. The molecule has 1 rings (SSSR count). The Morgan fingerprint density at radius 1 is 1.33 bits per heavy atom. The van der Waals surface area contributed by atoms with Crippen molar-refractivity contribution in [3.05, 3.63) is 27.2 Å². The minimum absolute atomic E-state index is 0.0499. The molecule has 0 saturated heterocycles. The Morgan fingerprint density at radius 2 is 1.87 bits per heavy atom. The first-order valence-corrected chi connectivity index (χ1v) is 6.22. The molecule has 0 amide bonds. The average Bonchev–Trinajstić information content (AvgIpc) is 2.19. The van der Waals surface area contributed by atoms with E-state index in [2.05, 4.69) is 4.52 Å². The summed E-state index contributed by atoms with van der Waals surface area (Å²) in [6, 6.07) is 2.80. The highest BCUT2D eigenvalue weighted by molar-refractivity contribution is 7.50. The lowest BCUT2D eigenvalue weighted by Crippen LogP contribution is -2.21. The molecule has 0 spiro atoms. The maximum absolute atomic E-state index is 11.1. The quantitative estimate of drug-likeness (QED) is 0.345. The molecular weight excluding hydrogens is 285 g/mol.